The van der Waals surface area contributed by atoms with Crippen molar-refractivity contribution in [2.24, 2.45) is 0 Å². The van der Waals surface area contributed by atoms with Gasteiger partial charge in [0.2, 0.25) is 0 Å². The zero-order valence-electron chi connectivity index (χ0n) is 3.80. The topological polar surface area (TPSA) is 18.5 Å². The molecule has 0 aliphatic heterocycles. The highest BCUT2D eigenvalue weighted by molar-refractivity contribution is 7.43. The summed E-state index contributed by atoms with van der Waals surface area (Å²) in [4.78, 5) is 0. The van der Waals surface area contributed by atoms with Gasteiger partial charge >= 0.3 is 25.2 Å². The molecule has 0 aromatic carbocycles. The van der Waals surface area contributed by atoms with E-state index in [2.05, 4.69) is 8.88 Å². The van der Waals surface area contributed by atoms with Crippen molar-refractivity contribution >= 4 is 25.2 Å². The Labute approximate surface area is 52.0 Å². The average Bonchev–Trinajstić information content (AvgIpc) is 1.63. The van der Waals surface area contributed by atoms with Crippen LogP contribution in [0.3, 0.4) is 0 Å². The van der Waals surface area contributed by atoms with Gasteiger partial charge in [0, 0.05) is 0 Å². The Bertz CT molecular complexity index is 61.6. The summed E-state index contributed by atoms with van der Waals surface area (Å²) >= 11 is 0. The van der Waals surface area contributed by atoms with E-state index in [9.17, 15) is 16.8 Å². The van der Waals surface area contributed by atoms with Crippen LogP contribution in [0.2, 0.25) is 0 Å². The minimum atomic E-state index is -3.63. The molecule has 0 aliphatic rings. The molecule has 0 bridgehead atoms. The van der Waals surface area contributed by atoms with Crippen molar-refractivity contribution in [2.45, 2.75) is 0 Å². The molecule has 0 amide bonds. The van der Waals surface area contributed by atoms with Crippen molar-refractivity contribution in [2.75, 3.05) is 0 Å². The molecule has 0 saturated heterocycles. The van der Waals surface area contributed by atoms with E-state index in [1.807, 2.05) is 0 Å². The first kappa shape index (κ1) is 9.56. The molecule has 0 rings (SSSR count). The van der Waals surface area contributed by atoms with Gasteiger partial charge in [-0.2, -0.15) is 16.8 Å². The number of halogens is 4. The summed E-state index contributed by atoms with van der Waals surface area (Å²) < 4.78 is 50.5. The summed E-state index contributed by atoms with van der Waals surface area (Å²) in [5, 5.41) is 0. The Morgan fingerprint density at radius 2 is 1.22 bits per heavy atom. The highest BCUT2D eigenvalue weighted by Gasteiger charge is 2.12. The van der Waals surface area contributed by atoms with E-state index in [1.165, 1.54) is 0 Å². The molecular formula is BF4O2P2. The third-order valence-corrected chi connectivity index (χ3v) is 0.736. The second-order valence-electron chi connectivity index (χ2n) is 0.711. The van der Waals surface area contributed by atoms with Crippen LogP contribution < -0.4 is 0 Å². The molecule has 0 heterocycles. The molecule has 0 atom stereocenters. The Morgan fingerprint density at radius 3 is 1.44 bits per heavy atom. The van der Waals surface area contributed by atoms with Crippen LogP contribution in [0.25, 0.3) is 0 Å². The first-order chi connectivity index (χ1) is 4.13. The van der Waals surface area contributed by atoms with Crippen LogP contribution in [0.5, 0.6) is 0 Å². The molecule has 0 fully saturated rings. The maximum Gasteiger partial charge on any atom is 0.502 e. The molecule has 0 aromatic rings. The quantitative estimate of drug-likeness (QED) is 0.376. The zero-order valence-corrected chi connectivity index (χ0v) is 5.59. The highest BCUT2D eigenvalue weighted by atomic mass is 31.2. The normalized spacial score (nSPS) is 10.9. The van der Waals surface area contributed by atoms with E-state index in [0.717, 1.165) is 0 Å². The Balaban J connectivity index is 2.91. The molecule has 0 aliphatic carbocycles. The van der Waals surface area contributed by atoms with Crippen LogP contribution in [-0.4, -0.2) is 7.69 Å². The summed E-state index contributed by atoms with van der Waals surface area (Å²) in [6.07, 6.45) is 0. The molecule has 2 nitrogen and oxygen atoms in total. The lowest BCUT2D eigenvalue weighted by Crippen LogP contribution is -1.90. The molecule has 0 N–H and O–H groups in total. The predicted molar refractivity (Wildman–Crippen MR) is 26.2 cm³/mol. The fraction of sp³-hybridized carbons (Fsp3) is 0. The van der Waals surface area contributed by atoms with Crippen molar-refractivity contribution in [3.8, 4) is 0 Å². The Morgan fingerprint density at radius 1 is 0.889 bits per heavy atom. The van der Waals surface area contributed by atoms with Gasteiger partial charge in [-0.3, -0.25) is 0 Å². The zero-order chi connectivity index (χ0) is 7.28. The number of hydrogen-bond donors (Lipinski definition) is 0. The first-order valence-electron chi connectivity index (χ1n) is 1.51. The summed E-state index contributed by atoms with van der Waals surface area (Å²) in [6.45, 7) is 0. The van der Waals surface area contributed by atoms with Gasteiger partial charge in [0.05, 0.1) is 0 Å². The summed E-state index contributed by atoms with van der Waals surface area (Å²) in [7, 11) is -7.31. The predicted octanol–water partition coefficient (Wildman–Crippen LogP) is 2.89. The van der Waals surface area contributed by atoms with Gasteiger partial charge in [-0.25, -0.2) is 0 Å². The Hall–Kier alpha value is 0.565. The molecule has 0 unspecified atom stereocenters. The SMILES string of the molecule is FP(F)O[B]OP(F)F. The van der Waals surface area contributed by atoms with Crippen LogP contribution in [0.15, 0.2) is 0 Å². The fourth-order valence-electron chi connectivity index (χ4n) is 0.0843. The average molecular weight is 181 g/mol. The molecule has 9 heteroatoms. The standard InChI is InChI=1S/BF4O2P2/c2-8(3)6-1-7-9(4)5. The maximum atomic E-state index is 11.0. The van der Waals surface area contributed by atoms with E-state index in [4.69, 9.17) is 0 Å². The van der Waals surface area contributed by atoms with Gasteiger partial charge in [0.1, 0.15) is 0 Å². The maximum absolute atomic E-state index is 11.0. The smallest absolute Gasteiger partial charge is 0.339 e. The van der Waals surface area contributed by atoms with Crippen molar-refractivity contribution in [1.29, 1.82) is 0 Å². The second-order valence-corrected chi connectivity index (χ2v) is 1.94. The second kappa shape index (κ2) is 5.36. The van der Waals surface area contributed by atoms with Gasteiger partial charge in [0.15, 0.2) is 0 Å². The fourth-order valence-corrected chi connectivity index (χ4v) is 0.368. The van der Waals surface area contributed by atoms with Crippen molar-refractivity contribution < 1.29 is 25.7 Å². The van der Waals surface area contributed by atoms with Crippen LogP contribution in [0.4, 0.5) is 16.8 Å². The van der Waals surface area contributed by atoms with E-state index in [1.54, 1.807) is 0 Å². The lowest BCUT2D eigenvalue weighted by molar-refractivity contribution is 0.431. The van der Waals surface area contributed by atoms with Crippen molar-refractivity contribution in [3.05, 3.63) is 0 Å². The largest absolute Gasteiger partial charge is 0.502 e. The van der Waals surface area contributed by atoms with Crippen LogP contribution in [0, 0.1) is 0 Å². The summed E-state index contributed by atoms with van der Waals surface area (Å²) in [6, 6.07) is 0. The summed E-state index contributed by atoms with van der Waals surface area (Å²) in [5.41, 5.74) is 0. The van der Waals surface area contributed by atoms with Crippen molar-refractivity contribution in [3.63, 3.8) is 0 Å². The molecule has 0 saturated carbocycles. The van der Waals surface area contributed by atoms with E-state index >= 15 is 0 Å². The van der Waals surface area contributed by atoms with Gasteiger partial charge in [-0.15, -0.1) is 0 Å². The summed E-state index contributed by atoms with van der Waals surface area (Å²) in [5.74, 6) is 0. The molecule has 0 spiro atoms. The van der Waals surface area contributed by atoms with E-state index in [-0.39, 0.29) is 7.69 Å². The number of hydrogen-bond acceptors (Lipinski definition) is 2. The van der Waals surface area contributed by atoms with Gasteiger partial charge in [0.25, 0.3) is 0 Å². The third kappa shape index (κ3) is 8.56. The molecule has 0 aromatic heterocycles. The molecule has 1 radical (unpaired) electrons. The minimum absolute atomic E-state index is 0.0442. The van der Waals surface area contributed by atoms with Crippen LogP contribution in [-0.2, 0) is 8.88 Å². The van der Waals surface area contributed by atoms with E-state index < -0.39 is 17.5 Å². The molecule has 9 heavy (non-hydrogen) atoms. The van der Waals surface area contributed by atoms with Crippen LogP contribution >= 0.6 is 17.5 Å². The van der Waals surface area contributed by atoms with Gasteiger partial charge < -0.3 is 8.88 Å². The molecule has 53 valence electrons. The monoisotopic (exact) mass is 181 g/mol. The highest BCUT2D eigenvalue weighted by Crippen LogP contribution is 2.43. The van der Waals surface area contributed by atoms with Gasteiger partial charge in [-0.1, -0.05) is 0 Å². The van der Waals surface area contributed by atoms with Crippen molar-refractivity contribution in [1.82, 2.24) is 0 Å². The van der Waals surface area contributed by atoms with Crippen LogP contribution in [0.1, 0.15) is 0 Å². The number of rotatable bonds is 4. The van der Waals surface area contributed by atoms with E-state index in [0.29, 0.717) is 0 Å². The lowest BCUT2D eigenvalue weighted by atomic mass is 10.4. The minimum Gasteiger partial charge on any atom is -0.339 e. The Kier molecular flexibility index (Phi) is 5.69. The van der Waals surface area contributed by atoms with Gasteiger partial charge in [-0.05, 0) is 0 Å². The lowest BCUT2D eigenvalue weighted by Gasteiger charge is -1.95. The first-order valence-corrected chi connectivity index (χ1v) is 3.60. The third-order valence-electron chi connectivity index (χ3n) is 0.245. The molecular weight excluding hydrogens is 181 g/mol.